The van der Waals surface area contributed by atoms with E-state index in [1.807, 2.05) is 5.92 Å². The van der Waals surface area contributed by atoms with Crippen LogP contribution >= 0.6 is 0 Å². The number of ketones is 1. The minimum Gasteiger partial charge on any atom is -0.391 e. The Bertz CT molecular complexity index is 230. The van der Waals surface area contributed by atoms with Crippen molar-refractivity contribution in [2.75, 3.05) is 0 Å². The second-order valence-electron chi connectivity index (χ2n) is 3.01. The molecule has 0 bridgehead atoms. The normalized spacial score (nSPS) is 19.1. The van der Waals surface area contributed by atoms with Gasteiger partial charge in [0, 0.05) is 0 Å². The zero-order chi connectivity index (χ0) is 11.3. The number of hydrogen-bond donors (Lipinski definition) is 4. The van der Waals surface area contributed by atoms with E-state index in [0.717, 1.165) is 0 Å². The maximum atomic E-state index is 11.0. The average molecular weight is 202 g/mol. The Morgan fingerprint density at radius 1 is 1.29 bits per heavy atom. The van der Waals surface area contributed by atoms with Gasteiger partial charge in [0.2, 0.25) is 0 Å². The summed E-state index contributed by atoms with van der Waals surface area (Å²) in [6, 6.07) is 0. The third kappa shape index (κ3) is 3.44. The molecule has 4 N–H and O–H groups in total. The molecule has 4 atom stereocenters. The van der Waals surface area contributed by atoms with Gasteiger partial charge in [0.1, 0.15) is 18.3 Å². The smallest absolute Gasteiger partial charge is 0.175 e. The van der Waals surface area contributed by atoms with Crippen LogP contribution in [0.5, 0.6) is 0 Å². The topological polar surface area (TPSA) is 98.0 Å². The number of carbonyl (C=O) groups excluding carboxylic acids is 1. The van der Waals surface area contributed by atoms with Gasteiger partial charge in [-0.25, -0.2) is 0 Å². The van der Waals surface area contributed by atoms with Gasteiger partial charge in [-0.2, -0.15) is 0 Å². The van der Waals surface area contributed by atoms with E-state index in [0.29, 0.717) is 0 Å². The standard InChI is InChI=1S/C9H14O5/c1-3-4-6(11)8(13)9(14)7(12)5(2)10/h1,5,7-10,12-14H,4H2,2H3/t5-,7+,8+,9+/m0/s1. The van der Waals surface area contributed by atoms with Crippen LogP contribution in [0.4, 0.5) is 0 Å². The Morgan fingerprint density at radius 2 is 1.79 bits per heavy atom. The molecule has 0 spiro atoms. The lowest BCUT2D eigenvalue weighted by Gasteiger charge is -2.23. The van der Waals surface area contributed by atoms with Crippen molar-refractivity contribution in [2.24, 2.45) is 0 Å². The van der Waals surface area contributed by atoms with Gasteiger partial charge in [-0.3, -0.25) is 4.79 Å². The largest absolute Gasteiger partial charge is 0.391 e. The van der Waals surface area contributed by atoms with Gasteiger partial charge in [0.25, 0.3) is 0 Å². The number of hydrogen-bond acceptors (Lipinski definition) is 5. The van der Waals surface area contributed by atoms with E-state index in [-0.39, 0.29) is 6.42 Å². The van der Waals surface area contributed by atoms with Gasteiger partial charge in [0.15, 0.2) is 5.78 Å². The number of carbonyl (C=O) groups is 1. The van der Waals surface area contributed by atoms with E-state index in [4.69, 9.17) is 16.6 Å². The van der Waals surface area contributed by atoms with Gasteiger partial charge >= 0.3 is 0 Å². The highest BCUT2D eigenvalue weighted by Crippen LogP contribution is 2.06. The van der Waals surface area contributed by atoms with Gasteiger partial charge in [-0.1, -0.05) is 5.92 Å². The minimum absolute atomic E-state index is 0.329. The lowest BCUT2D eigenvalue weighted by molar-refractivity contribution is -0.142. The number of aliphatic hydroxyl groups is 4. The van der Waals surface area contributed by atoms with Crippen molar-refractivity contribution < 1.29 is 25.2 Å². The highest BCUT2D eigenvalue weighted by Gasteiger charge is 2.31. The summed E-state index contributed by atoms with van der Waals surface area (Å²) in [7, 11) is 0. The molecule has 0 saturated heterocycles. The first-order valence-corrected chi connectivity index (χ1v) is 4.10. The van der Waals surface area contributed by atoms with E-state index in [2.05, 4.69) is 0 Å². The van der Waals surface area contributed by atoms with Crippen molar-refractivity contribution in [1.82, 2.24) is 0 Å². The number of aliphatic hydroxyl groups excluding tert-OH is 4. The molecule has 0 aliphatic heterocycles. The van der Waals surface area contributed by atoms with Gasteiger partial charge < -0.3 is 20.4 Å². The first-order valence-electron chi connectivity index (χ1n) is 4.10. The third-order valence-corrected chi connectivity index (χ3v) is 1.77. The monoisotopic (exact) mass is 202 g/mol. The Balaban J connectivity index is 4.32. The van der Waals surface area contributed by atoms with E-state index in [1.165, 1.54) is 6.92 Å². The average Bonchev–Trinajstić information content (AvgIpc) is 2.14. The maximum Gasteiger partial charge on any atom is 0.175 e. The molecule has 5 nitrogen and oxygen atoms in total. The van der Waals surface area contributed by atoms with Crippen LogP contribution < -0.4 is 0 Å². The zero-order valence-electron chi connectivity index (χ0n) is 7.79. The number of rotatable bonds is 5. The van der Waals surface area contributed by atoms with Crippen LogP contribution in [-0.4, -0.2) is 50.6 Å². The van der Waals surface area contributed by atoms with Crippen molar-refractivity contribution in [3.63, 3.8) is 0 Å². The molecule has 0 aromatic rings. The summed E-state index contributed by atoms with van der Waals surface area (Å²) in [5, 5.41) is 36.4. The Hall–Kier alpha value is -0.930. The second kappa shape index (κ2) is 5.73. The van der Waals surface area contributed by atoms with Crippen LogP contribution in [0.1, 0.15) is 13.3 Å². The van der Waals surface area contributed by atoms with Crippen LogP contribution in [0, 0.1) is 12.3 Å². The number of Topliss-reactive ketones (excluding diaryl/α,β-unsaturated/α-hetero) is 1. The summed E-state index contributed by atoms with van der Waals surface area (Å²) in [5.41, 5.74) is 0. The Labute approximate surface area is 82.0 Å². The summed E-state index contributed by atoms with van der Waals surface area (Å²) in [6.07, 6.45) is -1.81. The van der Waals surface area contributed by atoms with Gasteiger partial charge in [-0.05, 0) is 6.92 Å². The summed E-state index contributed by atoms with van der Waals surface area (Å²) >= 11 is 0. The Kier molecular flexibility index (Phi) is 5.35. The molecule has 0 unspecified atom stereocenters. The molecule has 0 aliphatic rings. The fourth-order valence-corrected chi connectivity index (χ4v) is 0.868. The second-order valence-corrected chi connectivity index (χ2v) is 3.01. The molecular weight excluding hydrogens is 188 g/mol. The molecule has 14 heavy (non-hydrogen) atoms. The fraction of sp³-hybridized carbons (Fsp3) is 0.667. The number of terminal acetylenes is 1. The van der Waals surface area contributed by atoms with Crippen molar-refractivity contribution in [2.45, 2.75) is 37.8 Å². The van der Waals surface area contributed by atoms with Crippen LogP contribution in [0.25, 0.3) is 0 Å². The lowest BCUT2D eigenvalue weighted by atomic mass is 10.00. The molecule has 5 heteroatoms. The lowest BCUT2D eigenvalue weighted by Crippen LogP contribution is -2.46. The maximum absolute atomic E-state index is 11.0. The minimum atomic E-state index is -1.77. The van der Waals surface area contributed by atoms with Gasteiger partial charge in [0.05, 0.1) is 12.5 Å². The summed E-state index contributed by atoms with van der Waals surface area (Å²) in [5.74, 6) is 1.24. The highest BCUT2D eigenvalue weighted by atomic mass is 16.4. The molecule has 0 saturated carbocycles. The molecule has 0 heterocycles. The summed E-state index contributed by atoms with van der Waals surface area (Å²) in [4.78, 5) is 11.0. The quantitative estimate of drug-likeness (QED) is 0.388. The molecule has 0 aromatic carbocycles. The van der Waals surface area contributed by atoms with E-state index in [1.54, 1.807) is 0 Å². The third-order valence-electron chi connectivity index (χ3n) is 1.77. The molecule has 0 fully saturated rings. The highest BCUT2D eigenvalue weighted by molar-refractivity contribution is 5.85. The fourth-order valence-electron chi connectivity index (χ4n) is 0.868. The van der Waals surface area contributed by atoms with Crippen molar-refractivity contribution in [1.29, 1.82) is 0 Å². The predicted octanol–water partition coefficient (Wildman–Crippen LogP) is -1.96. The molecule has 80 valence electrons. The van der Waals surface area contributed by atoms with Crippen LogP contribution in [-0.2, 0) is 4.79 Å². The molecule has 0 aromatic heterocycles. The summed E-state index contributed by atoms with van der Waals surface area (Å²) in [6.45, 7) is 1.23. The van der Waals surface area contributed by atoms with E-state index >= 15 is 0 Å². The van der Waals surface area contributed by atoms with Crippen molar-refractivity contribution in [3.8, 4) is 12.3 Å². The molecule has 0 radical (unpaired) electrons. The van der Waals surface area contributed by atoms with Crippen molar-refractivity contribution >= 4 is 5.78 Å². The van der Waals surface area contributed by atoms with Crippen molar-refractivity contribution in [3.05, 3.63) is 0 Å². The molecule has 0 amide bonds. The SMILES string of the molecule is C#CCC(=O)[C@@H](O)[C@H](O)[C@H](O)[C@H](C)O. The first-order chi connectivity index (χ1) is 6.41. The van der Waals surface area contributed by atoms with Crippen LogP contribution in [0.2, 0.25) is 0 Å². The molecule has 0 rings (SSSR count). The summed E-state index contributed by atoms with van der Waals surface area (Å²) < 4.78 is 0. The predicted molar refractivity (Wildman–Crippen MR) is 48.2 cm³/mol. The van der Waals surface area contributed by atoms with Gasteiger partial charge in [-0.15, -0.1) is 6.42 Å². The van der Waals surface area contributed by atoms with Crippen LogP contribution in [0.15, 0.2) is 0 Å². The molecular formula is C9H14O5. The van der Waals surface area contributed by atoms with Crippen LogP contribution in [0.3, 0.4) is 0 Å². The van der Waals surface area contributed by atoms with E-state index < -0.39 is 30.2 Å². The zero-order valence-corrected chi connectivity index (χ0v) is 7.79. The Morgan fingerprint density at radius 3 is 2.14 bits per heavy atom. The van der Waals surface area contributed by atoms with E-state index in [9.17, 15) is 15.0 Å². The molecule has 0 aliphatic carbocycles. The first kappa shape index (κ1) is 13.1.